The van der Waals surface area contributed by atoms with Crippen LogP contribution >= 0.6 is 0 Å². The van der Waals surface area contributed by atoms with Crippen LogP contribution < -0.4 is 5.32 Å². The predicted molar refractivity (Wildman–Crippen MR) is 40.2 cm³/mol. The number of hydrogen-bond donors (Lipinski definition) is 1. The van der Waals surface area contributed by atoms with E-state index in [4.69, 9.17) is 0 Å². The van der Waals surface area contributed by atoms with Crippen molar-refractivity contribution in [1.82, 2.24) is 5.32 Å². The van der Waals surface area contributed by atoms with Gasteiger partial charge >= 0.3 is 0 Å². The minimum atomic E-state index is 1.13. The maximum Gasteiger partial charge on any atom is 0.0138 e. The summed E-state index contributed by atoms with van der Waals surface area (Å²) in [4.78, 5) is 0. The van der Waals surface area contributed by atoms with Crippen LogP contribution in [0, 0.1) is 0 Å². The summed E-state index contributed by atoms with van der Waals surface area (Å²) in [5.41, 5.74) is 1.60. The molecule has 9 heavy (non-hydrogen) atoms. The van der Waals surface area contributed by atoms with Crippen molar-refractivity contribution in [3.63, 3.8) is 0 Å². The van der Waals surface area contributed by atoms with Crippen molar-refractivity contribution in [2.45, 2.75) is 32.6 Å². The fourth-order valence-electron chi connectivity index (χ4n) is 0.886. The second-order valence-corrected chi connectivity index (χ2v) is 2.61. The lowest BCUT2D eigenvalue weighted by molar-refractivity contribution is 0.646. The third-order valence-corrected chi connectivity index (χ3v) is 1.70. The Labute approximate surface area is 57.1 Å². The van der Waals surface area contributed by atoms with Gasteiger partial charge in [-0.1, -0.05) is 12.5 Å². The van der Waals surface area contributed by atoms with E-state index in [1.165, 1.54) is 25.7 Å². The van der Waals surface area contributed by atoms with Gasteiger partial charge in [0.05, 0.1) is 0 Å². The van der Waals surface area contributed by atoms with Crippen molar-refractivity contribution < 1.29 is 0 Å². The van der Waals surface area contributed by atoms with Gasteiger partial charge in [0.1, 0.15) is 0 Å². The molecule has 0 spiro atoms. The van der Waals surface area contributed by atoms with Crippen molar-refractivity contribution in [2.24, 2.45) is 0 Å². The Morgan fingerprint density at radius 2 is 2.33 bits per heavy atom. The summed E-state index contributed by atoms with van der Waals surface area (Å²) in [7, 11) is 0. The van der Waals surface area contributed by atoms with Gasteiger partial charge in [0.2, 0.25) is 0 Å². The first kappa shape index (κ1) is 6.66. The van der Waals surface area contributed by atoms with E-state index in [1.807, 2.05) is 0 Å². The molecule has 0 bridgehead atoms. The molecular weight excluding hydrogens is 110 g/mol. The molecule has 0 atom stereocenters. The quantitative estimate of drug-likeness (QED) is 0.569. The smallest absolute Gasteiger partial charge is 0.0138 e. The summed E-state index contributed by atoms with van der Waals surface area (Å²) in [6, 6.07) is 0. The van der Waals surface area contributed by atoms with E-state index in [1.54, 1.807) is 5.57 Å². The molecule has 1 aliphatic rings. The predicted octanol–water partition coefficient (Wildman–Crippen LogP) is 2.05. The maximum absolute atomic E-state index is 3.27. The molecule has 0 saturated heterocycles. The molecule has 0 aromatic rings. The zero-order valence-electron chi connectivity index (χ0n) is 6.11. The minimum absolute atomic E-state index is 1.13. The lowest BCUT2D eigenvalue weighted by atomic mass is 9.94. The molecule has 1 saturated carbocycles. The standard InChI is InChI=1S/C8H15N/c1-2-6-9-7-8-4-3-5-8/h7,9H,2-6H2,1H3. The van der Waals surface area contributed by atoms with Crippen LogP contribution in [0.3, 0.4) is 0 Å². The molecule has 0 radical (unpaired) electrons. The van der Waals surface area contributed by atoms with E-state index in [-0.39, 0.29) is 0 Å². The molecule has 1 N–H and O–H groups in total. The molecule has 1 fully saturated rings. The fraction of sp³-hybridized carbons (Fsp3) is 0.750. The Hall–Kier alpha value is -0.460. The van der Waals surface area contributed by atoms with Gasteiger partial charge in [-0.15, -0.1) is 0 Å². The highest BCUT2D eigenvalue weighted by Crippen LogP contribution is 2.23. The Morgan fingerprint density at radius 1 is 1.56 bits per heavy atom. The summed E-state index contributed by atoms with van der Waals surface area (Å²) in [6.07, 6.45) is 7.48. The van der Waals surface area contributed by atoms with Crippen molar-refractivity contribution in [1.29, 1.82) is 0 Å². The van der Waals surface area contributed by atoms with E-state index in [0.29, 0.717) is 0 Å². The topological polar surface area (TPSA) is 12.0 Å². The van der Waals surface area contributed by atoms with Gasteiger partial charge in [-0.25, -0.2) is 0 Å². The van der Waals surface area contributed by atoms with Crippen molar-refractivity contribution in [2.75, 3.05) is 6.54 Å². The van der Waals surface area contributed by atoms with E-state index < -0.39 is 0 Å². The van der Waals surface area contributed by atoms with Crippen LogP contribution in [0.1, 0.15) is 32.6 Å². The molecule has 1 heteroatoms. The number of allylic oxidation sites excluding steroid dienone is 1. The Kier molecular flexibility index (Phi) is 2.62. The maximum atomic E-state index is 3.27. The molecule has 1 nitrogen and oxygen atoms in total. The molecule has 0 amide bonds. The normalized spacial score (nSPS) is 16.8. The molecule has 0 aliphatic heterocycles. The summed E-state index contributed by atoms with van der Waals surface area (Å²) in [5.74, 6) is 0. The molecule has 0 unspecified atom stereocenters. The lowest BCUT2D eigenvalue weighted by Crippen LogP contribution is -2.09. The Bertz CT molecular complexity index is 99.1. The molecule has 1 rings (SSSR count). The highest BCUT2D eigenvalue weighted by atomic mass is 14.8. The SMILES string of the molecule is CCCNC=C1CCC1. The third-order valence-electron chi connectivity index (χ3n) is 1.70. The van der Waals surface area contributed by atoms with E-state index in [9.17, 15) is 0 Å². The van der Waals surface area contributed by atoms with Crippen LogP contribution in [0.15, 0.2) is 11.8 Å². The lowest BCUT2D eigenvalue weighted by Gasteiger charge is -2.15. The van der Waals surface area contributed by atoms with E-state index >= 15 is 0 Å². The second-order valence-electron chi connectivity index (χ2n) is 2.61. The summed E-state index contributed by atoms with van der Waals surface area (Å²) < 4.78 is 0. The number of nitrogens with one attached hydrogen (secondary N) is 1. The summed E-state index contributed by atoms with van der Waals surface area (Å²) in [5, 5.41) is 3.27. The molecule has 52 valence electrons. The zero-order valence-corrected chi connectivity index (χ0v) is 6.11. The summed E-state index contributed by atoms with van der Waals surface area (Å²) >= 11 is 0. The fourth-order valence-corrected chi connectivity index (χ4v) is 0.886. The largest absolute Gasteiger partial charge is 0.391 e. The van der Waals surface area contributed by atoms with Gasteiger partial charge in [0.15, 0.2) is 0 Å². The van der Waals surface area contributed by atoms with Crippen molar-refractivity contribution in [3.05, 3.63) is 11.8 Å². The van der Waals surface area contributed by atoms with Crippen LogP contribution in [0.25, 0.3) is 0 Å². The average Bonchev–Trinajstić information content (AvgIpc) is 1.76. The van der Waals surface area contributed by atoms with Crippen LogP contribution in [0.4, 0.5) is 0 Å². The summed E-state index contributed by atoms with van der Waals surface area (Å²) in [6.45, 7) is 3.32. The Balaban J connectivity index is 2.01. The first-order chi connectivity index (χ1) is 4.43. The van der Waals surface area contributed by atoms with Crippen LogP contribution in [0.2, 0.25) is 0 Å². The van der Waals surface area contributed by atoms with E-state index in [2.05, 4.69) is 18.4 Å². The highest BCUT2D eigenvalue weighted by molar-refractivity contribution is 5.07. The van der Waals surface area contributed by atoms with Gasteiger partial charge < -0.3 is 5.32 Å². The van der Waals surface area contributed by atoms with Gasteiger partial charge in [-0.3, -0.25) is 0 Å². The van der Waals surface area contributed by atoms with Crippen LogP contribution in [-0.4, -0.2) is 6.54 Å². The van der Waals surface area contributed by atoms with Gasteiger partial charge in [0.25, 0.3) is 0 Å². The average molecular weight is 125 g/mol. The van der Waals surface area contributed by atoms with Crippen molar-refractivity contribution >= 4 is 0 Å². The minimum Gasteiger partial charge on any atom is -0.391 e. The van der Waals surface area contributed by atoms with Gasteiger partial charge in [-0.2, -0.15) is 0 Å². The number of hydrogen-bond acceptors (Lipinski definition) is 1. The van der Waals surface area contributed by atoms with Crippen molar-refractivity contribution in [3.8, 4) is 0 Å². The molecule has 0 aromatic heterocycles. The van der Waals surface area contributed by atoms with Gasteiger partial charge in [0, 0.05) is 6.54 Å². The Morgan fingerprint density at radius 3 is 2.78 bits per heavy atom. The van der Waals surface area contributed by atoms with E-state index in [0.717, 1.165) is 6.54 Å². The third kappa shape index (κ3) is 2.08. The first-order valence-corrected chi connectivity index (χ1v) is 3.85. The highest BCUT2D eigenvalue weighted by Gasteiger charge is 2.06. The van der Waals surface area contributed by atoms with Crippen LogP contribution in [-0.2, 0) is 0 Å². The van der Waals surface area contributed by atoms with Crippen LogP contribution in [0.5, 0.6) is 0 Å². The molecule has 0 heterocycles. The number of rotatable bonds is 3. The molecular formula is C8H15N. The second kappa shape index (κ2) is 3.54. The zero-order chi connectivity index (χ0) is 6.53. The first-order valence-electron chi connectivity index (χ1n) is 3.85. The van der Waals surface area contributed by atoms with Gasteiger partial charge in [-0.05, 0) is 31.9 Å². The molecule has 1 aliphatic carbocycles. The monoisotopic (exact) mass is 125 g/mol. The molecule has 0 aromatic carbocycles.